The molecule has 3 nitrogen and oxygen atoms in total. The molecule has 166 valence electrons. The first-order valence-electron chi connectivity index (χ1n) is 11.4. The van der Waals surface area contributed by atoms with Crippen molar-refractivity contribution in [3.8, 4) is 0 Å². The Morgan fingerprint density at radius 2 is 1.72 bits per heavy atom. The minimum atomic E-state index is -0.439. The second-order valence-electron chi connectivity index (χ2n) is 10.1. The van der Waals surface area contributed by atoms with Crippen LogP contribution in [-0.2, 0) is 4.79 Å². The van der Waals surface area contributed by atoms with Crippen molar-refractivity contribution in [2.45, 2.75) is 45.4 Å². The molecule has 2 aromatic carbocycles. The zero-order valence-corrected chi connectivity index (χ0v) is 19.2. The van der Waals surface area contributed by atoms with E-state index in [0.717, 1.165) is 42.3 Å². The van der Waals surface area contributed by atoms with Gasteiger partial charge in [0.25, 0.3) is 0 Å². The van der Waals surface area contributed by atoms with Gasteiger partial charge in [-0.25, -0.2) is 4.39 Å². The molecule has 0 radical (unpaired) electrons. The Labute approximate surface area is 193 Å². The number of carbonyl (C=O) groups is 1. The van der Waals surface area contributed by atoms with Gasteiger partial charge in [0.05, 0.1) is 5.52 Å². The number of nitrogens with zero attached hydrogens (tertiary/aromatic N) is 1. The van der Waals surface area contributed by atoms with Gasteiger partial charge in [0.2, 0.25) is 5.91 Å². The van der Waals surface area contributed by atoms with E-state index in [1.165, 1.54) is 11.6 Å². The summed E-state index contributed by atoms with van der Waals surface area (Å²) in [6.45, 7) is 4.14. The highest BCUT2D eigenvalue weighted by atomic mass is 35.5. The molecule has 2 fully saturated rings. The van der Waals surface area contributed by atoms with Crippen molar-refractivity contribution >= 4 is 34.1 Å². The zero-order chi connectivity index (χ0) is 22.5. The number of benzene rings is 2. The second-order valence-corrected chi connectivity index (χ2v) is 10.5. The maximum atomic E-state index is 13.9. The number of hydrogen-bond acceptors (Lipinski definition) is 2. The van der Waals surface area contributed by atoms with Crippen LogP contribution < -0.4 is 5.32 Å². The Bertz CT molecular complexity index is 1150. The van der Waals surface area contributed by atoms with Gasteiger partial charge in [-0.05, 0) is 103 Å². The van der Waals surface area contributed by atoms with E-state index in [2.05, 4.69) is 30.2 Å². The lowest BCUT2D eigenvalue weighted by Crippen LogP contribution is -2.37. The zero-order valence-electron chi connectivity index (χ0n) is 18.4. The second kappa shape index (κ2) is 8.15. The quantitative estimate of drug-likeness (QED) is 0.456. The summed E-state index contributed by atoms with van der Waals surface area (Å²) in [5, 5.41) is 4.67. The Morgan fingerprint density at radius 3 is 2.41 bits per heavy atom. The standard InChI is InChI=1S/C27H28ClFN2O/c1-27(2,26(32)31-22-6-3-20(28)4-7-22)19-13-16-11-18(12-17(16)14-19)23-9-10-30-25-8-5-21(29)15-24(23)25/h3-10,15-19H,11-14H2,1-2H3,(H,31,32)/t16-,17+,18-,19+. The van der Waals surface area contributed by atoms with Crippen LogP contribution in [0.1, 0.15) is 51.0 Å². The molecule has 1 N–H and O–H groups in total. The summed E-state index contributed by atoms with van der Waals surface area (Å²) >= 11 is 5.96. The number of fused-ring (bicyclic) bond motifs is 2. The fourth-order valence-corrected chi connectivity index (χ4v) is 6.09. The van der Waals surface area contributed by atoms with E-state index in [0.29, 0.717) is 28.7 Å². The van der Waals surface area contributed by atoms with E-state index in [4.69, 9.17) is 11.6 Å². The summed E-state index contributed by atoms with van der Waals surface area (Å²) in [6, 6.07) is 14.2. The fraction of sp³-hybridized carbons (Fsp3) is 0.407. The number of halogens is 2. The van der Waals surface area contributed by atoms with Crippen molar-refractivity contribution in [3.63, 3.8) is 0 Å². The average molecular weight is 451 g/mol. The molecule has 0 spiro atoms. The van der Waals surface area contributed by atoms with Gasteiger partial charge in [-0.1, -0.05) is 25.4 Å². The molecule has 1 amide bonds. The molecule has 1 aromatic heterocycles. The highest BCUT2D eigenvalue weighted by molar-refractivity contribution is 6.30. The molecule has 32 heavy (non-hydrogen) atoms. The van der Waals surface area contributed by atoms with Crippen LogP contribution in [0.15, 0.2) is 54.7 Å². The normalized spacial score (nSPS) is 25.1. The highest BCUT2D eigenvalue weighted by Crippen LogP contribution is 2.56. The first-order chi connectivity index (χ1) is 15.3. The first kappa shape index (κ1) is 21.4. The number of aromatic nitrogens is 1. The van der Waals surface area contributed by atoms with Gasteiger partial charge in [0.15, 0.2) is 0 Å². The molecule has 1 heterocycles. The smallest absolute Gasteiger partial charge is 0.230 e. The van der Waals surface area contributed by atoms with Crippen molar-refractivity contribution in [3.05, 3.63) is 71.1 Å². The number of hydrogen-bond donors (Lipinski definition) is 1. The fourth-order valence-electron chi connectivity index (χ4n) is 5.97. The molecule has 0 saturated heterocycles. The molecule has 4 atom stereocenters. The number of carbonyl (C=O) groups excluding carboxylic acids is 1. The minimum Gasteiger partial charge on any atom is -0.326 e. The summed E-state index contributed by atoms with van der Waals surface area (Å²) in [6.07, 6.45) is 6.19. The van der Waals surface area contributed by atoms with E-state index < -0.39 is 5.41 Å². The van der Waals surface area contributed by atoms with Crippen LogP contribution in [0.5, 0.6) is 0 Å². The maximum absolute atomic E-state index is 13.9. The minimum absolute atomic E-state index is 0.0666. The van der Waals surface area contributed by atoms with Gasteiger partial charge < -0.3 is 5.32 Å². The third-order valence-corrected chi connectivity index (χ3v) is 8.15. The molecule has 5 rings (SSSR count). The van der Waals surface area contributed by atoms with Crippen LogP contribution >= 0.6 is 11.6 Å². The van der Waals surface area contributed by atoms with Crippen LogP contribution in [0.3, 0.4) is 0 Å². The van der Waals surface area contributed by atoms with Gasteiger partial charge in [0.1, 0.15) is 5.82 Å². The van der Waals surface area contributed by atoms with Gasteiger partial charge in [-0.2, -0.15) is 0 Å². The van der Waals surface area contributed by atoms with Crippen molar-refractivity contribution < 1.29 is 9.18 Å². The van der Waals surface area contributed by atoms with E-state index in [1.807, 2.05) is 18.3 Å². The van der Waals surface area contributed by atoms with Gasteiger partial charge in [-0.3, -0.25) is 9.78 Å². The van der Waals surface area contributed by atoms with Crippen molar-refractivity contribution in [2.75, 3.05) is 5.32 Å². The highest BCUT2D eigenvalue weighted by Gasteiger charge is 2.48. The molecule has 2 aliphatic carbocycles. The summed E-state index contributed by atoms with van der Waals surface area (Å²) in [7, 11) is 0. The predicted octanol–water partition coefficient (Wildman–Crippen LogP) is 7.21. The third kappa shape index (κ3) is 3.90. The van der Waals surface area contributed by atoms with Crippen LogP contribution in [0.4, 0.5) is 10.1 Å². The molecule has 2 saturated carbocycles. The molecular formula is C27H28ClFN2O. The molecule has 2 aliphatic rings. The van der Waals surface area contributed by atoms with Gasteiger partial charge in [-0.15, -0.1) is 0 Å². The lowest BCUT2D eigenvalue weighted by atomic mass is 9.75. The van der Waals surface area contributed by atoms with Gasteiger partial charge in [0, 0.05) is 27.7 Å². The van der Waals surface area contributed by atoms with E-state index in [-0.39, 0.29) is 11.7 Å². The molecule has 0 unspecified atom stereocenters. The molecule has 3 aromatic rings. The largest absolute Gasteiger partial charge is 0.326 e. The number of pyridine rings is 1. The van der Waals surface area contributed by atoms with Crippen LogP contribution in [0, 0.1) is 29.0 Å². The number of rotatable bonds is 4. The number of nitrogens with one attached hydrogen (secondary N) is 1. The lowest BCUT2D eigenvalue weighted by Gasteiger charge is -2.31. The van der Waals surface area contributed by atoms with Crippen molar-refractivity contribution in [1.82, 2.24) is 4.98 Å². The van der Waals surface area contributed by atoms with Gasteiger partial charge >= 0.3 is 0 Å². The SMILES string of the molecule is CC(C)(C(=O)Nc1ccc(Cl)cc1)[C@H]1C[C@H]2C[C@@H](c3ccnc4ccc(F)cc34)C[C@H]2C1. The van der Waals surface area contributed by atoms with E-state index >= 15 is 0 Å². The number of anilines is 1. The van der Waals surface area contributed by atoms with Crippen molar-refractivity contribution in [2.24, 2.45) is 23.2 Å². The third-order valence-electron chi connectivity index (χ3n) is 7.90. The molecule has 0 bridgehead atoms. The van der Waals surface area contributed by atoms with Crippen molar-refractivity contribution in [1.29, 1.82) is 0 Å². The van der Waals surface area contributed by atoms with Crippen LogP contribution in [0.25, 0.3) is 10.9 Å². The molecular weight excluding hydrogens is 423 g/mol. The Balaban J connectivity index is 1.28. The summed E-state index contributed by atoms with van der Waals surface area (Å²) in [4.78, 5) is 17.5. The summed E-state index contributed by atoms with van der Waals surface area (Å²) < 4.78 is 13.9. The molecule has 0 aliphatic heterocycles. The van der Waals surface area contributed by atoms with Crippen LogP contribution in [-0.4, -0.2) is 10.9 Å². The topological polar surface area (TPSA) is 42.0 Å². The Hall–Kier alpha value is -2.46. The van der Waals surface area contributed by atoms with Crippen LogP contribution in [0.2, 0.25) is 5.02 Å². The monoisotopic (exact) mass is 450 g/mol. The number of amides is 1. The Kier molecular flexibility index (Phi) is 5.45. The van der Waals surface area contributed by atoms with E-state index in [9.17, 15) is 9.18 Å². The predicted molar refractivity (Wildman–Crippen MR) is 127 cm³/mol. The average Bonchev–Trinajstić information content (AvgIpc) is 3.34. The first-order valence-corrected chi connectivity index (χ1v) is 11.8. The maximum Gasteiger partial charge on any atom is 0.230 e. The summed E-state index contributed by atoms with van der Waals surface area (Å²) in [5.74, 6) is 1.88. The molecule has 5 heteroatoms. The lowest BCUT2D eigenvalue weighted by molar-refractivity contribution is -0.126. The van der Waals surface area contributed by atoms with E-state index in [1.54, 1.807) is 24.3 Å². The summed E-state index contributed by atoms with van der Waals surface area (Å²) in [5.41, 5.74) is 2.42. The Morgan fingerprint density at radius 1 is 1.03 bits per heavy atom.